The average molecular weight is 251 g/mol. The normalized spacial score (nSPS) is 24.4. The number of nitrogens with zero attached hydrogens (tertiary/aromatic N) is 2. The van der Waals surface area contributed by atoms with Gasteiger partial charge in [-0.1, -0.05) is 13.3 Å². The van der Waals surface area contributed by atoms with Crippen LogP contribution in [0.2, 0.25) is 0 Å². The lowest BCUT2D eigenvalue weighted by molar-refractivity contribution is 0.168. The molecule has 1 rings (SSSR count). The molecule has 0 aromatic heterocycles. The smallest absolute Gasteiger partial charge is 0.103 e. The van der Waals surface area contributed by atoms with E-state index in [4.69, 9.17) is 5.26 Å². The zero-order chi connectivity index (χ0) is 13.4. The largest absolute Gasteiger partial charge is 0.303 e. The highest BCUT2D eigenvalue weighted by Crippen LogP contribution is 2.20. The van der Waals surface area contributed by atoms with E-state index in [1.807, 2.05) is 14.0 Å². The van der Waals surface area contributed by atoms with Gasteiger partial charge >= 0.3 is 0 Å². The third-order valence-electron chi connectivity index (χ3n) is 4.38. The summed E-state index contributed by atoms with van der Waals surface area (Å²) in [5.41, 5.74) is -0.339. The van der Waals surface area contributed by atoms with Crippen molar-refractivity contribution in [2.24, 2.45) is 5.92 Å². The lowest BCUT2D eigenvalue weighted by Crippen LogP contribution is -2.38. The minimum atomic E-state index is -0.339. The van der Waals surface area contributed by atoms with Gasteiger partial charge in [0.25, 0.3) is 0 Å². The van der Waals surface area contributed by atoms with Crippen molar-refractivity contribution in [3.63, 3.8) is 0 Å². The van der Waals surface area contributed by atoms with E-state index in [1.165, 1.54) is 45.3 Å². The number of nitrogens with one attached hydrogen (secondary N) is 1. The molecule has 0 bridgehead atoms. The molecular weight excluding hydrogens is 222 g/mol. The van der Waals surface area contributed by atoms with Crippen molar-refractivity contribution in [1.82, 2.24) is 10.2 Å². The van der Waals surface area contributed by atoms with Crippen LogP contribution in [0.25, 0.3) is 0 Å². The number of nitriles is 1. The maximum atomic E-state index is 9.08. The first-order chi connectivity index (χ1) is 8.63. The molecule has 104 valence electrons. The van der Waals surface area contributed by atoms with Gasteiger partial charge < -0.3 is 10.2 Å². The van der Waals surface area contributed by atoms with Crippen LogP contribution in [0.15, 0.2) is 0 Å². The molecule has 0 aromatic rings. The van der Waals surface area contributed by atoms with E-state index in [0.717, 1.165) is 18.8 Å². The first kappa shape index (κ1) is 15.5. The van der Waals surface area contributed by atoms with Crippen LogP contribution in [0.5, 0.6) is 0 Å². The van der Waals surface area contributed by atoms with E-state index >= 15 is 0 Å². The molecule has 1 aliphatic rings. The summed E-state index contributed by atoms with van der Waals surface area (Å²) in [4.78, 5) is 2.61. The van der Waals surface area contributed by atoms with Crippen molar-refractivity contribution in [2.75, 3.05) is 26.7 Å². The van der Waals surface area contributed by atoms with Crippen molar-refractivity contribution in [1.29, 1.82) is 5.26 Å². The zero-order valence-corrected chi connectivity index (χ0v) is 12.3. The Hall–Kier alpha value is -0.590. The molecule has 2 unspecified atom stereocenters. The lowest BCUT2D eigenvalue weighted by Gasteiger charge is -2.32. The molecule has 0 aromatic carbocycles. The van der Waals surface area contributed by atoms with Gasteiger partial charge in [-0.25, -0.2) is 0 Å². The van der Waals surface area contributed by atoms with E-state index in [-0.39, 0.29) is 5.54 Å². The summed E-state index contributed by atoms with van der Waals surface area (Å²) in [6.45, 7) is 8.07. The van der Waals surface area contributed by atoms with Gasteiger partial charge in [-0.2, -0.15) is 5.26 Å². The van der Waals surface area contributed by atoms with Crippen LogP contribution >= 0.6 is 0 Å². The minimum Gasteiger partial charge on any atom is -0.303 e. The van der Waals surface area contributed by atoms with Crippen LogP contribution in [-0.2, 0) is 0 Å². The van der Waals surface area contributed by atoms with Crippen LogP contribution in [0.1, 0.15) is 52.4 Å². The third kappa shape index (κ3) is 4.96. The Balaban J connectivity index is 2.16. The highest BCUT2D eigenvalue weighted by molar-refractivity contribution is 5.02. The Morgan fingerprint density at radius 3 is 2.83 bits per heavy atom. The van der Waals surface area contributed by atoms with Gasteiger partial charge in [0.15, 0.2) is 0 Å². The van der Waals surface area contributed by atoms with Gasteiger partial charge in [0, 0.05) is 6.54 Å². The van der Waals surface area contributed by atoms with Crippen LogP contribution in [0, 0.1) is 17.2 Å². The molecule has 0 amide bonds. The molecule has 18 heavy (non-hydrogen) atoms. The minimum absolute atomic E-state index is 0.339. The van der Waals surface area contributed by atoms with Crippen LogP contribution in [-0.4, -0.2) is 37.1 Å². The molecular formula is C15H29N3. The van der Waals surface area contributed by atoms with Crippen LogP contribution < -0.4 is 5.32 Å². The van der Waals surface area contributed by atoms with Gasteiger partial charge in [0.1, 0.15) is 5.54 Å². The van der Waals surface area contributed by atoms with Crippen LogP contribution in [0.4, 0.5) is 0 Å². The standard InChI is InChI=1S/C15H29N3/c1-4-14-8-7-11-18(12-14)10-6-5-9-15(2,13-16)17-3/h14,17H,4-12H2,1-3H3. The Bertz CT molecular complexity index is 271. The highest BCUT2D eigenvalue weighted by Gasteiger charge is 2.21. The molecule has 3 heteroatoms. The van der Waals surface area contributed by atoms with Gasteiger partial charge in [0.05, 0.1) is 6.07 Å². The number of hydrogen-bond donors (Lipinski definition) is 1. The predicted molar refractivity (Wildman–Crippen MR) is 76.4 cm³/mol. The summed E-state index contributed by atoms with van der Waals surface area (Å²) in [6.07, 6.45) is 7.41. The number of unbranched alkanes of at least 4 members (excludes halogenated alkanes) is 1. The van der Waals surface area contributed by atoms with Gasteiger partial charge in [-0.05, 0) is 65.1 Å². The topological polar surface area (TPSA) is 39.1 Å². The summed E-state index contributed by atoms with van der Waals surface area (Å²) < 4.78 is 0. The molecule has 0 aliphatic carbocycles. The molecule has 0 radical (unpaired) electrons. The van der Waals surface area contributed by atoms with Gasteiger partial charge in [0.2, 0.25) is 0 Å². The molecule has 2 atom stereocenters. The summed E-state index contributed by atoms with van der Waals surface area (Å²) in [7, 11) is 1.87. The fraction of sp³-hybridized carbons (Fsp3) is 0.933. The predicted octanol–water partition coefficient (Wildman–Crippen LogP) is 2.78. The molecule has 1 heterocycles. The molecule has 0 spiro atoms. The van der Waals surface area contributed by atoms with E-state index in [9.17, 15) is 0 Å². The van der Waals surface area contributed by atoms with Crippen molar-refractivity contribution in [3.05, 3.63) is 0 Å². The molecule has 1 saturated heterocycles. The van der Waals surface area contributed by atoms with Crippen molar-refractivity contribution >= 4 is 0 Å². The second-order valence-corrected chi connectivity index (χ2v) is 5.87. The molecule has 3 nitrogen and oxygen atoms in total. The first-order valence-corrected chi connectivity index (χ1v) is 7.46. The summed E-state index contributed by atoms with van der Waals surface area (Å²) in [5, 5.41) is 12.2. The SMILES string of the molecule is CCC1CCCN(CCCCC(C)(C#N)NC)C1. The van der Waals surface area contributed by atoms with Crippen molar-refractivity contribution < 1.29 is 0 Å². The zero-order valence-electron chi connectivity index (χ0n) is 12.3. The van der Waals surface area contributed by atoms with Gasteiger partial charge in [-0.15, -0.1) is 0 Å². The fourth-order valence-corrected chi connectivity index (χ4v) is 2.74. The molecule has 0 saturated carbocycles. The Kier molecular flexibility index (Phi) is 6.67. The highest BCUT2D eigenvalue weighted by atomic mass is 15.1. The summed E-state index contributed by atoms with van der Waals surface area (Å²) in [6, 6.07) is 2.36. The first-order valence-electron chi connectivity index (χ1n) is 7.46. The summed E-state index contributed by atoms with van der Waals surface area (Å²) in [5.74, 6) is 0.917. The maximum Gasteiger partial charge on any atom is 0.103 e. The monoisotopic (exact) mass is 251 g/mol. The van der Waals surface area contributed by atoms with Crippen LogP contribution in [0.3, 0.4) is 0 Å². The third-order valence-corrected chi connectivity index (χ3v) is 4.38. The number of likely N-dealkylation sites (tertiary alicyclic amines) is 1. The maximum absolute atomic E-state index is 9.08. The van der Waals surface area contributed by atoms with E-state index < -0.39 is 0 Å². The molecule has 1 N–H and O–H groups in total. The Labute approximate surface area is 113 Å². The average Bonchev–Trinajstić information content (AvgIpc) is 2.43. The lowest BCUT2D eigenvalue weighted by atomic mass is 9.94. The van der Waals surface area contributed by atoms with E-state index in [1.54, 1.807) is 0 Å². The second kappa shape index (κ2) is 7.76. The van der Waals surface area contributed by atoms with E-state index in [2.05, 4.69) is 23.2 Å². The number of piperidine rings is 1. The quantitative estimate of drug-likeness (QED) is 0.707. The Morgan fingerprint density at radius 1 is 1.44 bits per heavy atom. The molecule has 1 aliphatic heterocycles. The second-order valence-electron chi connectivity index (χ2n) is 5.87. The summed E-state index contributed by atoms with van der Waals surface area (Å²) >= 11 is 0. The number of hydrogen-bond acceptors (Lipinski definition) is 3. The fourth-order valence-electron chi connectivity index (χ4n) is 2.74. The Morgan fingerprint density at radius 2 is 2.22 bits per heavy atom. The molecule has 1 fully saturated rings. The number of rotatable bonds is 7. The van der Waals surface area contributed by atoms with Crippen molar-refractivity contribution in [2.45, 2.75) is 57.9 Å². The van der Waals surface area contributed by atoms with Crippen molar-refractivity contribution in [3.8, 4) is 6.07 Å². The van der Waals surface area contributed by atoms with Gasteiger partial charge in [-0.3, -0.25) is 0 Å². The van der Waals surface area contributed by atoms with E-state index in [0.29, 0.717) is 0 Å².